The van der Waals surface area contributed by atoms with Gasteiger partial charge >= 0.3 is 0 Å². The molecule has 1 N–H and O–H groups in total. The number of carbonyl (C=O) groups excluding carboxylic acids is 1. The van der Waals surface area contributed by atoms with Crippen molar-refractivity contribution in [2.45, 2.75) is 30.4 Å². The van der Waals surface area contributed by atoms with Gasteiger partial charge in [-0.05, 0) is 37.1 Å². The first kappa shape index (κ1) is 20.9. The third-order valence-corrected chi connectivity index (χ3v) is 7.07. The van der Waals surface area contributed by atoms with Crippen LogP contribution in [0.1, 0.15) is 34.3 Å². The summed E-state index contributed by atoms with van der Waals surface area (Å²) < 4.78 is 5.73. The van der Waals surface area contributed by atoms with Crippen molar-refractivity contribution in [1.29, 1.82) is 5.26 Å². The Hall–Kier alpha value is -2.33. The summed E-state index contributed by atoms with van der Waals surface area (Å²) in [5.74, 6) is 1.05. The Balaban J connectivity index is 1.32. The molecule has 1 amide bonds. The maximum absolute atomic E-state index is 13.2. The Labute approximate surface area is 182 Å². The van der Waals surface area contributed by atoms with Crippen molar-refractivity contribution in [1.82, 2.24) is 4.90 Å². The summed E-state index contributed by atoms with van der Waals surface area (Å²) >= 11 is 1.74. The molecule has 2 aromatic carbocycles. The Morgan fingerprint density at radius 3 is 2.63 bits per heavy atom. The van der Waals surface area contributed by atoms with Crippen LogP contribution in [-0.2, 0) is 11.3 Å². The number of carbonyl (C=O) groups is 1. The van der Waals surface area contributed by atoms with E-state index in [-0.39, 0.29) is 5.91 Å². The second kappa shape index (κ2) is 10.1. The van der Waals surface area contributed by atoms with Crippen LogP contribution >= 0.6 is 11.8 Å². The second-order valence-corrected chi connectivity index (χ2v) is 9.03. The molecule has 0 bridgehead atoms. The van der Waals surface area contributed by atoms with Crippen molar-refractivity contribution in [3.8, 4) is 6.07 Å². The van der Waals surface area contributed by atoms with Crippen LogP contribution in [0, 0.1) is 11.3 Å². The molecule has 6 heteroatoms. The van der Waals surface area contributed by atoms with Crippen LogP contribution in [0.2, 0.25) is 0 Å². The summed E-state index contributed by atoms with van der Waals surface area (Å²) in [5, 5.41) is 8.93. The van der Waals surface area contributed by atoms with Crippen LogP contribution in [0.3, 0.4) is 0 Å². The van der Waals surface area contributed by atoms with Crippen LogP contribution in [0.4, 0.5) is 0 Å². The average molecular weight is 423 g/mol. The standard InChI is InChI=1S/C24H27N3O2S/c25-16-19-7-9-20(10-8-19)17-26-11-13-27(14-12-26)24(28)22-5-1-2-6-23(22)30-18-21-4-3-15-29-21/h1-2,5-10,21H,3-4,11-15,17-18H2/p+1/t21-/m0/s1. The van der Waals surface area contributed by atoms with Crippen LogP contribution in [0.15, 0.2) is 53.4 Å². The number of thioether (sulfide) groups is 1. The first-order valence-corrected chi connectivity index (χ1v) is 11.7. The van der Waals surface area contributed by atoms with Gasteiger partial charge in [-0.3, -0.25) is 4.79 Å². The number of hydrogen-bond donors (Lipinski definition) is 1. The Bertz CT molecular complexity index is 895. The molecule has 0 unspecified atom stereocenters. The lowest BCUT2D eigenvalue weighted by Crippen LogP contribution is -3.13. The molecule has 5 nitrogen and oxygen atoms in total. The van der Waals surface area contributed by atoms with E-state index in [1.165, 1.54) is 10.5 Å². The summed E-state index contributed by atoms with van der Waals surface area (Å²) in [5.41, 5.74) is 2.75. The SMILES string of the molecule is N#Cc1ccc(C[NH+]2CCN(C(=O)c3ccccc3SC[C@@H]3CCCO3)CC2)cc1. The lowest BCUT2D eigenvalue weighted by Gasteiger charge is -2.32. The molecular weight excluding hydrogens is 394 g/mol. The molecule has 2 aromatic rings. The van der Waals surface area contributed by atoms with E-state index in [0.717, 1.165) is 68.4 Å². The zero-order chi connectivity index (χ0) is 20.8. The number of nitriles is 1. The van der Waals surface area contributed by atoms with Gasteiger partial charge in [-0.15, -0.1) is 11.8 Å². The van der Waals surface area contributed by atoms with Crippen LogP contribution in [0.25, 0.3) is 0 Å². The van der Waals surface area contributed by atoms with E-state index < -0.39 is 0 Å². The minimum atomic E-state index is 0.142. The average Bonchev–Trinajstić information content (AvgIpc) is 3.32. The van der Waals surface area contributed by atoms with E-state index in [0.29, 0.717) is 11.7 Å². The van der Waals surface area contributed by atoms with Crippen molar-refractivity contribution in [3.63, 3.8) is 0 Å². The summed E-state index contributed by atoms with van der Waals surface area (Å²) in [4.78, 5) is 17.7. The van der Waals surface area contributed by atoms with Crippen molar-refractivity contribution in [2.75, 3.05) is 38.5 Å². The molecule has 0 radical (unpaired) electrons. The minimum absolute atomic E-state index is 0.142. The van der Waals surface area contributed by atoms with Gasteiger partial charge in [0.2, 0.25) is 0 Å². The minimum Gasteiger partial charge on any atom is -0.377 e. The lowest BCUT2D eigenvalue weighted by molar-refractivity contribution is -0.917. The molecule has 0 spiro atoms. The zero-order valence-electron chi connectivity index (χ0n) is 17.2. The van der Waals surface area contributed by atoms with Crippen LogP contribution in [-0.4, -0.2) is 55.4 Å². The molecule has 2 fully saturated rings. The Morgan fingerprint density at radius 2 is 1.93 bits per heavy atom. The van der Waals surface area contributed by atoms with Gasteiger partial charge < -0.3 is 14.5 Å². The number of nitrogens with one attached hydrogen (secondary N) is 1. The van der Waals surface area contributed by atoms with Gasteiger partial charge in [0.25, 0.3) is 5.91 Å². The van der Waals surface area contributed by atoms with Crippen molar-refractivity contribution in [2.24, 2.45) is 0 Å². The molecule has 2 heterocycles. The maximum Gasteiger partial charge on any atom is 0.255 e. The van der Waals surface area contributed by atoms with Gasteiger partial charge in [-0.25, -0.2) is 0 Å². The summed E-state index contributed by atoms with van der Waals surface area (Å²) in [6, 6.07) is 17.9. The normalized spacial score (nSPS) is 19.6. The number of amides is 1. The van der Waals surface area contributed by atoms with Crippen molar-refractivity contribution in [3.05, 3.63) is 65.2 Å². The molecule has 0 aromatic heterocycles. The van der Waals surface area contributed by atoms with Crippen molar-refractivity contribution >= 4 is 17.7 Å². The van der Waals surface area contributed by atoms with Gasteiger partial charge in [-0.2, -0.15) is 5.26 Å². The van der Waals surface area contributed by atoms with E-state index in [1.54, 1.807) is 11.8 Å². The monoisotopic (exact) mass is 422 g/mol. The topological polar surface area (TPSA) is 57.8 Å². The molecule has 2 aliphatic rings. The van der Waals surface area contributed by atoms with E-state index in [9.17, 15) is 4.79 Å². The molecular formula is C24H28N3O2S+. The number of piperazine rings is 1. The first-order chi connectivity index (χ1) is 14.7. The van der Waals surface area contributed by atoms with Gasteiger partial charge in [0.1, 0.15) is 6.54 Å². The highest BCUT2D eigenvalue weighted by Gasteiger charge is 2.26. The fraction of sp³-hybridized carbons (Fsp3) is 0.417. The zero-order valence-corrected chi connectivity index (χ0v) is 18.0. The molecule has 2 saturated heterocycles. The maximum atomic E-state index is 13.2. The second-order valence-electron chi connectivity index (χ2n) is 7.97. The fourth-order valence-electron chi connectivity index (χ4n) is 4.09. The summed E-state index contributed by atoms with van der Waals surface area (Å²) in [7, 11) is 0. The predicted octanol–water partition coefficient (Wildman–Crippen LogP) is 2.37. The van der Waals surface area contributed by atoms with E-state index in [2.05, 4.69) is 12.1 Å². The molecule has 2 aliphatic heterocycles. The smallest absolute Gasteiger partial charge is 0.255 e. The van der Waals surface area contributed by atoms with Gasteiger partial charge in [0.05, 0.1) is 49.5 Å². The molecule has 0 saturated carbocycles. The third-order valence-electron chi connectivity index (χ3n) is 5.86. The highest BCUT2D eigenvalue weighted by molar-refractivity contribution is 7.99. The van der Waals surface area contributed by atoms with Gasteiger partial charge in [-0.1, -0.05) is 24.3 Å². The lowest BCUT2D eigenvalue weighted by atomic mass is 10.1. The number of quaternary nitrogens is 1. The number of rotatable bonds is 6. The quantitative estimate of drug-likeness (QED) is 0.727. The molecule has 4 rings (SSSR count). The Kier molecular flexibility index (Phi) is 7.06. The van der Waals surface area contributed by atoms with E-state index >= 15 is 0 Å². The molecule has 156 valence electrons. The third kappa shape index (κ3) is 5.23. The highest BCUT2D eigenvalue weighted by Crippen LogP contribution is 2.27. The molecule has 30 heavy (non-hydrogen) atoms. The van der Waals surface area contributed by atoms with E-state index in [1.807, 2.05) is 47.4 Å². The number of ether oxygens (including phenoxy) is 1. The van der Waals surface area contributed by atoms with Gasteiger partial charge in [0, 0.05) is 22.8 Å². The van der Waals surface area contributed by atoms with Crippen LogP contribution < -0.4 is 4.90 Å². The Morgan fingerprint density at radius 1 is 1.17 bits per heavy atom. The van der Waals surface area contributed by atoms with Crippen molar-refractivity contribution < 1.29 is 14.4 Å². The number of benzene rings is 2. The number of hydrogen-bond acceptors (Lipinski definition) is 4. The molecule has 1 atom stereocenters. The largest absolute Gasteiger partial charge is 0.377 e. The van der Waals surface area contributed by atoms with Crippen LogP contribution in [0.5, 0.6) is 0 Å². The molecule has 0 aliphatic carbocycles. The number of nitrogens with zero attached hydrogens (tertiary/aromatic N) is 2. The van der Waals surface area contributed by atoms with Gasteiger partial charge in [0.15, 0.2) is 0 Å². The predicted molar refractivity (Wildman–Crippen MR) is 118 cm³/mol. The fourth-order valence-corrected chi connectivity index (χ4v) is 5.20. The first-order valence-electron chi connectivity index (χ1n) is 10.7. The summed E-state index contributed by atoms with van der Waals surface area (Å²) in [6.07, 6.45) is 2.57. The highest BCUT2D eigenvalue weighted by atomic mass is 32.2. The summed E-state index contributed by atoms with van der Waals surface area (Å²) in [6.45, 7) is 5.22. The van der Waals surface area contributed by atoms with E-state index in [4.69, 9.17) is 10.00 Å².